The zero-order valence-corrected chi connectivity index (χ0v) is 10.4. The summed E-state index contributed by atoms with van der Waals surface area (Å²) in [4.78, 5) is 0. The Labute approximate surface area is 92.6 Å². The van der Waals surface area contributed by atoms with Gasteiger partial charge in [0.25, 0.3) is 0 Å². The fraction of sp³-hybridized carbons (Fsp3) is 1.00. The number of thioether (sulfide) groups is 1. The van der Waals surface area contributed by atoms with Crippen molar-refractivity contribution in [2.45, 2.75) is 50.5 Å². The Balaban J connectivity index is 0.000000500. The molecular weight excluding hydrogens is 194 g/mol. The van der Waals surface area contributed by atoms with E-state index >= 15 is 0 Å². The molecule has 1 aliphatic carbocycles. The molecule has 1 saturated carbocycles. The predicted octanol–water partition coefficient (Wildman–Crippen LogP) is 2.40. The molecule has 0 aromatic rings. The fourth-order valence-corrected chi connectivity index (χ4v) is 1.88. The van der Waals surface area contributed by atoms with Crippen LogP contribution in [0.15, 0.2) is 0 Å². The summed E-state index contributed by atoms with van der Waals surface area (Å²) in [6, 6.07) is 0. The average Bonchev–Trinajstić information content (AvgIpc) is 2.54. The van der Waals surface area contributed by atoms with Crippen LogP contribution < -0.4 is 5.73 Å². The highest BCUT2D eigenvalue weighted by molar-refractivity contribution is 7.97. The molecule has 0 bridgehead atoms. The van der Waals surface area contributed by atoms with Gasteiger partial charge in [0.05, 0.1) is 5.60 Å². The summed E-state index contributed by atoms with van der Waals surface area (Å²) in [5.41, 5.74) is 5.06. The third-order valence-corrected chi connectivity index (χ3v) is 2.63. The Hall–Kier alpha value is 0.270. The Kier molecular flexibility index (Phi) is 8.73. The van der Waals surface area contributed by atoms with Crippen molar-refractivity contribution in [1.82, 2.24) is 0 Å². The van der Waals surface area contributed by atoms with E-state index in [1.165, 1.54) is 12.8 Å². The minimum Gasteiger partial charge on any atom is -0.390 e. The molecule has 0 saturated heterocycles. The third-order valence-electron chi connectivity index (χ3n) is 2.63. The number of hydrogen-bond acceptors (Lipinski definition) is 3. The molecule has 1 aliphatic rings. The molecule has 86 valence electrons. The summed E-state index contributed by atoms with van der Waals surface area (Å²) in [5, 5.41) is 9.88. The van der Waals surface area contributed by atoms with E-state index in [4.69, 9.17) is 5.73 Å². The van der Waals surface area contributed by atoms with Crippen molar-refractivity contribution >= 4 is 11.8 Å². The number of rotatable bonds is 4. The molecule has 0 aliphatic heterocycles. The summed E-state index contributed by atoms with van der Waals surface area (Å²) in [6.07, 6.45) is 11.6. The first kappa shape index (κ1) is 14.3. The molecular formula is C11H25NOS. The van der Waals surface area contributed by atoms with Gasteiger partial charge in [-0.1, -0.05) is 12.8 Å². The standard InChI is InChI=1S/C9H19NO.C2H6S/c10-8-4-3-7-9(11)5-1-2-6-9;1-3-2/h11H,1-8,10H2;1-2H3. The molecule has 1 fully saturated rings. The zero-order valence-electron chi connectivity index (χ0n) is 9.59. The summed E-state index contributed by atoms with van der Waals surface area (Å²) in [5.74, 6) is 0. The van der Waals surface area contributed by atoms with Gasteiger partial charge in [-0.15, -0.1) is 0 Å². The molecule has 3 N–H and O–H groups in total. The Morgan fingerprint density at radius 1 is 1.21 bits per heavy atom. The second-order valence-electron chi connectivity index (χ2n) is 4.09. The molecule has 14 heavy (non-hydrogen) atoms. The highest BCUT2D eigenvalue weighted by Crippen LogP contribution is 2.33. The summed E-state index contributed by atoms with van der Waals surface area (Å²) >= 11 is 1.75. The van der Waals surface area contributed by atoms with Crippen LogP contribution in [0.25, 0.3) is 0 Å². The van der Waals surface area contributed by atoms with Crippen LogP contribution in [0, 0.1) is 0 Å². The Bertz CT molecular complexity index is 124. The summed E-state index contributed by atoms with van der Waals surface area (Å²) < 4.78 is 0. The van der Waals surface area contributed by atoms with Crippen molar-refractivity contribution in [3.05, 3.63) is 0 Å². The summed E-state index contributed by atoms with van der Waals surface area (Å²) in [7, 11) is 0. The van der Waals surface area contributed by atoms with Gasteiger partial charge in [-0.05, 0) is 51.2 Å². The van der Waals surface area contributed by atoms with Gasteiger partial charge >= 0.3 is 0 Å². The van der Waals surface area contributed by atoms with Gasteiger partial charge in [0, 0.05) is 0 Å². The molecule has 0 heterocycles. The second-order valence-corrected chi connectivity index (χ2v) is 4.90. The van der Waals surface area contributed by atoms with Crippen molar-refractivity contribution < 1.29 is 5.11 Å². The molecule has 0 amide bonds. The lowest BCUT2D eigenvalue weighted by Gasteiger charge is -2.21. The molecule has 2 nitrogen and oxygen atoms in total. The third kappa shape index (κ3) is 6.68. The van der Waals surface area contributed by atoms with E-state index in [1.54, 1.807) is 11.8 Å². The molecule has 0 aromatic heterocycles. The van der Waals surface area contributed by atoms with Crippen molar-refractivity contribution in [1.29, 1.82) is 0 Å². The van der Waals surface area contributed by atoms with Gasteiger partial charge in [-0.2, -0.15) is 11.8 Å². The van der Waals surface area contributed by atoms with Gasteiger partial charge in [0.2, 0.25) is 0 Å². The SMILES string of the molecule is CSC.NCCCCC1(O)CCCC1. The van der Waals surface area contributed by atoms with Crippen LogP contribution in [0.4, 0.5) is 0 Å². The fourth-order valence-electron chi connectivity index (χ4n) is 1.88. The average molecular weight is 219 g/mol. The molecule has 0 unspecified atom stereocenters. The number of nitrogens with two attached hydrogens (primary N) is 1. The molecule has 0 aromatic carbocycles. The predicted molar refractivity (Wildman–Crippen MR) is 65.8 cm³/mol. The van der Waals surface area contributed by atoms with Crippen molar-refractivity contribution in [3.63, 3.8) is 0 Å². The van der Waals surface area contributed by atoms with E-state index in [9.17, 15) is 5.11 Å². The van der Waals surface area contributed by atoms with Crippen molar-refractivity contribution in [2.75, 3.05) is 19.1 Å². The van der Waals surface area contributed by atoms with Gasteiger partial charge in [-0.3, -0.25) is 0 Å². The van der Waals surface area contributed by atoms with E-state index in [-0.39, 0.29) is 5.60 Å². The maximum absolute atomic E-state index is 9.88. The quantitative estimate of drug-likeness (QED) is 0.714. The van der Waals surface area contributed by atoms with Gasteiger partial charge in [0.15, 0.2) is 0 Å². The monoisotopic (exact) mass is 219 g/mol. The lowest BCUT2D eigenvalue weighted by Crippen LogP contribution is -2.23. The normalized spacial score (nSPS) is 18.9. The van der Waals surface area contributed by atoms with E-state index in [0.717, 1.165) is 38.6 Å². The zero-order chi connectivity index (χ0) is 10.9. The largest absolute Gasteiger partial charge is 0.390 e. The van der Waals surface area contributed by atoms with Crippen molar-refractivity contribution in [3.8, 4) is 0 Å². The molecule has 0 atom stereocenters. The van der Waals surface area contributed by atoms with E-state index in [2.05, 4.69) is 0 Å². The number of aliphatic hydroxyl groups is 1. The maximum Gasteiger partial charge on any atom is 0.0647 e. The first-order chi connectivity index (χ1) is 6.68. The number of unbranched alkanes of at least 4 members (excludes halogenated alkanes) is 1. The van der Waals surface area contributed by atoms with Crippen LogP contribution in [0.2, 0.25) is 0 Å². The highest BCUT2D eigenvalue weighted by atomic mass is 32.2. The molecule has 0 spiro atoms. The van der Waals surface area contributed by atoms with Crippen LogP contribution in [0.3, 0.4) is 0 Å². The number of hydrogen-bond donors (Lipinski definition) is 2. The van der Waals surface area contributed by atoms with Gasteiger partial charge < -0.3 is 10.8 Å². The highest BCUT2D eigenvalue weighted by Gasteiger charge is 2.29. The van der Waals surface area contributed by atoms with Gasteiger partial charge in [-0.25, -0.2) is 0 Å². The van der Waals surface area contributed by atoms with Crippen LogP contribution in [-0.4, -0.2) is 29.8 Å². The molecule has 0 radical (unpaired) electrons. The van der Waals surface area contributed by atoms with Crippen LogP contribution >= 0.6 is 11.8 Å². The van der Waals surface area contributed by atoms with E-state index in [0.29, 0.717) is 0 Å². The topological polar surface area (TPSA) is 46.2 Å². The van der Waals surface area contributed by atoms with Gasteiger partial charge in [0.1, 0.15) is 0 Å². The van der Waals surface area contributed by atoms with Crippen molar-refractivity contribution in [2.24, 2.45) is 5.73 Å². The van der Waals surface area contributed by atoms with Crippen LogP contribution in [0.1, 0.15) is 44.9 Å². The van der Waals surface area contributed by atoms with Crippen LogP contribution in [0.5, 0.6) is 0 Å². The van der Waals surface area contributed by atoms with E-state index < -0.39 is 0 Å². The minimum absolute atomic E-state index is 0.310. The van der Waals surface area contributed by atoms with E-state index in [1.807, 2.05) is 12.5 Å². The lowest BCUT2D eigenvalue weighted by atomic mass is 9.95. The smallest absolute Gasteiger partial charge is 0.0647 e. The Morgan fingerprint density at radius 2 is 1.71 bits per heavy atom. The molecule has 1 rings (SSSR count). The summed E-state index contributed by atoms with van der Waals surface area (Å²) in [6.45, 7) is 0.760. The second kappa shape index (κ2) is 8.57. The first-order valence-corrected chi connectivity index (χ1v) is 7.14. The Morgan fingerprint density at radius 3 is 2.14 bits per heavy atom. The first-order valence-electron chi connectivity index (χ1n) is 5.51. The molecule has 3 heteroatoms. The minimum atomic E-state index is -0.310. The lowest BCUT2D eigenvalue weighted by molar-refractivity contribution is 0.0365. The van der Waals surface area contributed by atoms with Crippen LogP contribution in [-0.2, 0) is 0 Å². The maximum atomic E-state index is 9.88.